The van der Waals surface area contributed by atoms with E-state index in [-0.39, 0.29) is 34.5 Å². The second-order valence-electron chi connectivity index (χ2n) is 8.70. The lowest BCUT2D eigenvalue weighted by Crippen LogP contribution is -2.24. The summed E-state index contributed by atoms with van der Waals surface area (Å²) in [6, 6.07) is 15.8. The second kappa shape index (κ2) is 12.0. The van der Waals surface area contributed by atoms with Crippen LogP contribution in [-0.4, -0.2) is 40.2 Å². The van der Waals surface area contributed by atoms with Gasteiger partial charge in [-0.15, -0.1) is 28.1 Å². The second-order valence-corrected chi connectivity index (χ2v) is 12.9. The van der Waals surface area contributed by atoms with Crippen LogP contribution in [0, 0.1) is 6.92 Å². The predicted octanol–water partition coefficient (Wildman–Crippen LogP) is 4.69. The lowest BCUT2D eigenvalue weighted by Gasteiger charge is -2.13. The van der Waals surface area contributed by atoms with Gasteiger partial charge in [-0.2, -0.15) is 0 Å². The number of hydrogen-bond donors (Lipinski definition) is 2. The molecule has 0 saturated heterocycles. The Bertz CT molecular complexity index is 1610. The third-order valence-corrected chi connectivity index (χ3v) is 9.42. The Balaban J connectivity index is 1.53. The highest BCUT2D eigenvalue weighted by Crippen LogP contribution is 2.36. The molecule has 0 aliphatic heterocycles. The summed E-state index contributed by atoms with van der Waals surface area (Å²) in [7, 11) is -3.65. The number of nitrogens with one attached hydrogen (secondary N) is 1. The fraction of sp³-hybridized carbons (Fsp3) is 0.185. The Labute approximate surface area is 235 Å². The number of thioether (sulfide) groups is 1. The van der Waals surface area contributed by atoms with E-state index in [1.165, 1.54) is 23.5 Å². The quantitative estimate of drug-likeness (QED) is 0.194. The lowest BCUT2D eigenvalue weighted by molar-refractivity contribution is -0.115. The SMILES string of the molecule is C=CCn1c(CS(=O)(=O)c2ccccc2)nnc1SC(C)C(=O)Nc1scc(-c2ccc(C)cc2)c1C(N)=O. The Kier molecular flexibility index (Phi) is 8.68. The van der Waals surface area contributed by atoms with E-state index in [2.05, 4.69) is 22.1 Å². The van der Waals surface area contributed by atoms with Gasteiger partial charge in [0.15, 0.2) is 15.0 Å². The molecule has 4 rings (SSSR count). The number of nitrogens with zero attached hydrogens (tertiary/aromatic N) is 3. The molecule has 0 aliphatic carbocycles. The van der Waals surface area contributed by atoms with E-state index in [0.29, 0.717) is 15.7 Å². The molecule has 3 N–H and O–H groups in total. The van der Waals surface area contributed by atoms with E-state index in [1.807, 2.05) is 31.2 Å². The number of thiophene rings is 1. The number of rotatable bonds is 11. The molecule has 39 heavy (non-hydrogen) atoms. The topological polar surface area (TPSA) is 137 Å². The molecule has 2 heterocycles. The molecule has 2 aromatic carbocycles. The predicted molar refractivity (Wildman–Crippen MR) is 155 cm³/mol. The van der Waals surface area contributed by atoms with Crippen LogP contribution < -0.4 is 11.1 Å². The minimum Gasteiger partial charge on any atom is -0.365 e. The number of primary amides is 1. The average Bonchev–Trinajstić information content (AvgIpc) is 3.49. The van der Waals surface area contributed by atoms with Crippen molar-refractivity contribution in [2.45, 2.75) is 41.4 Å². The molecule has 1 atom stereocenters. The fourth-order valence-electron chi connectivity index (χ4n) is 3.77. The third-order valence-electron chi connectivity index (χ3n) is 5.81. The van der Waals surface area contributed by atoms with Crippen molar-refractivity contribution in [3.05, 3.63) is 89.6 Å². The number of anilines is 1. The first kappa shape index (κ1) is 28.3. The molecule has 2 aromatic heterocycles. The van der Waals surface area contributed by atoms with Crippen LogP contribution in [0.15, 0.2) is 82.7 Å². The van der Waals surface area contributed by atoms with E-state index in [1.54, 1.807) is 41.1 Å². The molecule has 0 aliphatic rings. The van der Waals surface area contributed by atoms with Crippen LogP contribution in [0.1, 0.15) is 28.7 Å². The minimum absolute atomic E-state index is 0.186. The number of amides is 2. The molecule has 4 aromatic rings. The van der Waals surface area contributed by atoms with Crippen molar-refractivity contribution in [1.29, 1.82) is 0 Å². The average molecular weight is 582 g/mol. The van der Waals surface area contributed by atoms with Crippen LogP contribution in [0.2, 0.25) is 0 Å². The maximum absolute atomic E-state index is 13.1. The van der Waals surface area contributed by atoms with Gasteiger partial charge in [0.2, 0.25) is 5.91 Å². The molecule has 0 bridgehead atoms. The van der Waals surface area contributed by atoms with Crippen LogP contribution in [0.5, 0.6) is 0 Å². The van der Waals surface area contributed by atoms with Crippen molar-refractivity contribution in [3.63, 3.8) is 0 Å². The number of allylic oxidation sites excluding steroid dienone is 1. The zero-order valence-electron chi connectivity index (χ0n) is 21.3. The number of aryl methyl sites for hydroxylation is 1. The van der Waals surface area contributed by atoms with Crippen molar-refractivity contribution >= 4 is 49.8 Å². The summed E-state index contributed by atoms with van der Waals surface area (Å²) < 4.78 is 27.4. The van der Waals surface area contributed by atoms with Crippen molar-refractivity contribution in [2.75, 3.05) is 5.32 Å². The number of carbonyl (C=O) groups is 2. The van der Waals surface area contributed by atoms with E-state index >= 15 is 0 Å². The first-order chi connectivity index (χ1) is 18.6. The van der Waals surface area contributed by atoms with E-state index in [0.717, 1.165) is 22.9 Å². The van der Waals surface area contributed by atoms with Gasteiger partial charge in [-0.25, -0.2) is 8.42 Å². The van der Waals surface area contributed by atoms with Gasteiger partial charge in [-0.1, -0.05) is 65.9 Å². The van der Waals surface area contributed by atoms with Crippen LogP contribution in [0.3, 0.4) is 0 Å². The summed E-state index contributed by atoms with van der Waals surface area (Å²) in [6.45, 7) is 7.66. The highest BCUT2D eigenvalue weighted by molar-refractivity contribution is 8.00. The molecule has 0 spiro atoms. The largest absolute Gasteiger partial charge is 0.365 e. The van der Waals surface area contributed by atoms with Gasteiger partial charge in [-0.3, -0.25) is 9.59 Å². The van der Waals surface area contributed by atoms with Crippen molar-refractivity contribution in [2.24, 2.45) is 5.73 Å². The van der Waals surface area contributed by atoms with Crippen molar-refractivity contribution in [3.8, 4) is 11.1 Å². The van der Waals surface area contributed by atoms with Crippen LogP contribution in [0.4, 0.5) is 5.00 Å². The van der Waals surface area contributed by atoms with Gasteiger partial charge < -0.3 is 15.6 Å². The van der Waals surface area contributed by atoms with Gasteiger partial charge in [0, 0.05) is 17.5 Å². The summed E-state index contributed by atoms with van der Waals surface area (Å²) in [6.07, 6.45) is 1.61. The summed E-state index contributed by atoms with van der Waals surface area (Å²) in [5.41, 5.74) is 8.49. The maximum Gasteiger partial charge on any atom is 0.252 e. The molecule has 0 fully saturated rings. The molecule has 0 radical (unpaired) electrons. The molecule has 0 saturated carbocycles. The molecular formula is C27H27N5O4S3. The van der Waals surface area contributed by atoms with E-state index in [9.17, 15) is 18.0 Å². The van der Waals surface area contributed by atoms with Crippen LogP contribution >= 0.6 is 23.1 Å². The summed E-state index contributed by atoms with van der Waals surface area (Å²) >= 11 is 2.34. The fourth-order valence-corrected chi connectivity index (χ4v) is 6.92. The number of benzene rings is 2. The first-order valence-corrected chi connectivity index (χ1v) is 15.3. The molecular weight excluding hydrogens is 555 g/mol. The Hall–Kier alpha value is -3.74. The molecule has 1 unspecified atom stereocenters. The number of hydrogen-bond acceptors (Lipinski definition) is 8. The Morgan fingerprint density at radius 2 is 1.85 bits per heavy atom. The number of sulfone groups is 1. The lowest BCUT2D eigenvalue weighted by atomic mass is 10.0. The number of nitrogens with two attached hydrogens (primary N) is 1. The third kappa shape index (κ3) is 6.47. The highest BCUT2D eigenvalue weighted by atomic mass is 32.2. The van der Waals surface area contributed by atoms with Crippen molar-refractivity contribution < 1.29 is 18.0 Å². The highest BCUT2D eigenvalue weighted by Gasteiger charge is 2.26. The monoisotopic (exact) mass is 581 g/mol. The van der Waals surface area contributed by atoms with Gasteiger partial charge in [0.25, 0.3) is 5.91 Å². The zero-order chi connectivity index (χ0) is 28.2. The van der Waals surface area contributed by atoms with E-state index < -0.39 is 21.0 Å². The Morgan fingerprint density at radius 3 is 2.49 bits per heavy atom. The number of aromatic nitrogens is 3. The van der Waals surface area contributed by atoms with Gasteiger partial charge in [0.1, 0.15) is 16.6 Å². The summed E-state index contributed by atoms with van der Waals surface area (Å²) in [5, 5.41) is 12.9. The maximum atomic E-state index is 13.1. The van der Waals surface area contributed by atoms with Crippen molar-refractivity contribution in [1.82, 2.24) is 14.8 Å². The van der Waals surface area contributed by atoms with Crippen LogP contribution in [-0.2, 0) is 26.9 Å². The number of carbonyl (C=O) groups excluding carboxylic acids is 2. The molecule has 2 amide bonds. The standard InChI is InChI=1S/C27H27N5O4S3/c1-4-14-32-22(16-39(35,36)20-8-6-5-7-9-20)30-31-27(32)38-18(3)25(34)29-26-23(24(28)33)21(15-37-26)19-12-10-17(2)11-13-19/h4-13,15,18H,1,14,16H2,2-3H3,(H2,28,33)(H,29,34). The zero-order valence-corrected chi connectivity index (χ0v) is 23.8. The normalized spacial score (nSPS) is 12.2. The minimum atomic E-state index is -3.65. The van der Waals surface area contributed by atoms with Gasteiger partial charge in [-0.05, 0) is 31.5 Å². The Morgan fingerprint density at radius 1 is 1.15 bits per heavy atom. The summed E-state index contributed by atoms with van der Waals surface area (Å²) in [5.74, 6) is -1.12. The molecule has 202 valence electrons. The van der Waals surface area contributed by atoms with E-state index in [4.69, 9.17) is 5.73 Å². The molecule has 9 nitrogen and oxygen atoms in total. The van der Waals surface area contributed by atoms with Gasteiger partial charge in [0.05, 0.1) is 15.7 Å². The smallest absolute Gasteiger partial charge is 0.252 e. The van der Waals surface area contributed by atoms with Crippen LogP contribution in [0.25, 0.3) is 11.1 Å². The summed E-state index contributed by atoms with van der Waals surface area (Å²) in [4.78, 5) is 25.6. The van der Waals surface area contributed by atoms with Gasteiger partial charge >= 0.3 is 0 Å². The molecule has 12 heteroatoms. The first-order valence-electron chi connectivity index (χ1n) is 11.9.